The van der Waals surface area contributed by atoms with Crippen molar-refractivity contribution in [1.29, 1.82) is 0 Å². The van der Waals surface area contributed by atoms with E-state index >= 15 is 0 Å². The number of hydrogen-bond donors (Lipinski definition) is 2. The minimum atomic E-state index is -0.677. The summed E-state index contributed by atoms with van der Waals surface area (Å²) < 4.78 is 4.96. The number of anilines is 1. The highest BCUT2D eigenvalue weighted by atomic mass is 35.5. The van der Waals surface area contributed by atoms with E-state index in [1.54, 1.807) is 17.8 Å². The number of rotatable bonds is 7. The van der Waals surface area contributed by atoms with Crippen LogP contribution in [0.2, 0.25) is 5.02 Å². The van der Waals surface area contributed by atoms with Crippen molar-refractivity contribution < 1.29 is 14.3 Å². The quantitative estimate of drug-likeness (QED) is 0.334. The summed E-state index contributed by atoms with van der Waals surface area (Å²) in [6.07, 6.45) is 0. The van der Waals surface area contributed by atoms with Gasteiger partial charge in [0.2, 0.25) is 0 Å². The summed E-state index contributed by atoms with van der Waals surface area (Å²) in [5.41, 5.74) is 7.31. The van der Waals surface area contributed by atoms with Gasteiger partial charge in [-0.05, 0) is 37.3 Å². The number of amides is 1. The minimum absolute atomic E-state index is 0.148. The molecule has 0 unspecified atom stereocenters. The number of nitrogens with two attached hydrogens (primary N) is 1. The summed E-state index contributed by atoms with van der Waals surface area (Å²) in [7, 11) is 0. The summed E-state index contributed by atoms with van der Waals surface area (Å²) >= 11 is 7.46. The number of hydrogen-bond acceptors (Lipinski definition) is 5. The molecule has 0 fully saturated rings. The maximum Gasteiger partial charge on any atom is 0.340 e. The highest BCUT2D eigenvalue weighted by Crippen LogP contribution is 2.19. The number of aryl methyl sites for hydroxylation is 1. The van der Waals surface area contributed by atoms with Gasteiger partial charge in [-0.25, -0.2) is 4.79 Å². The van der Waals surface area contributed by atoms with E-state index in [1.165, 1.54) is 17.7 Å². The first-order valence-electron chi connectivity index (χ1n) is 7.64. The van der Waals surface area contributed by atoms with Gasteiger partial charge < -0.3 is 15.8 Å². The summed E-state index contributed by atoms with van der Waals surface area (Å²) in [4.78, 5) is 24.8. The van der Waals surface area contributed by atoms with Crippen LogP contribution < -0.4 is 11.1 Å². The van der Waals surface area contributed by atoms with Gasteiger partial charge in [-0.15, -0.1) is 11.8 Å². The Kier molecular flexibility index (Phi) is 7.16. The highest BCUT2D eigenvalue weighted by Gasteiger charge is 2.13. The van der Waals surface area contributed by atoms with E-state index in [2.05, 4.69) is 5.32 Å². The maximum atomic E-state index is 11.9. The predicted octanol–water partition coefficient (Wildman–Crippen LogP) is 3.30. The fourth-order valence-corrected chi connectivity index (χ4v) is 2.90. The molecule has 3 N–H and O–H groups in total. The summed E-state index contributed by atoms with van der Waals surface area (Å²) in [5.74, 6) is -0.313. The molecule has 2 aromatic carbocycles. The second-order valence-corrected chi connectivity index (χ2v) is 6.92. The van der Waals surface area contributed by atoms with E-state index in [4.69, 9.17) is 22.1 Å². The normalized spacial score (nSPS) is 10.3. The first kappa shape index (κ1) is 19.1. The van der Waals surface area contributed by atoms with Gasteiger partial charge in [0, 0.05) is 27.9 Å². The van der Waals surface area contributed by atoms with Gasteiger partial charge in [0.05, 0.1) is 5.56 Å². The van der Waals surface area contributed by atoms with Crippen LogP contribution in [-0.4, -0.2) is 30.8 Å². The molecule has 0 saturated carbocycles. The van der Waals surface area contributed by atoms with Crippen molar-refractivity contribution in [2.75, 3.05) is 24.6 Å². The molecular formula is C18H19ClN2O3S. The van der Waals surface area contributed by atoms with Gasteiger partial charge in [-0.1, -0.05) is 29.3 Å². The van der Waals surface area contributed by atoms with Crippen molar-refractivity contribution in [2.24, 2.45) is 0 Å². The van der Waals surface area contributed by atoms with Crippen LogP contribution in [-0.2, 0) is 9.53 Å². The van der Waals surface area contributed by atoms with Crippen LogP contribution in [0.15, 0.2) is 47.4 Å². The summed E-state index contributed by atoms with van der Waals surface area (Å²) in [6, 6.07) is 12.7. The molecule has 1 amide bonds. The van der Waals surface area contributed by atoms with E-state index in [0.29, 0.717) is 11.6 Å². The number of ether oxygens (including phenoxy) is 1. The Morgan fingerprint density at radius 2 is 1.92 bits per heavy atom. The van der Waals surface area contributed by atoms with Crippen LogP contribution in [0.25, 0.3) is 0 Å². The number of nitrogen functional groups attached to an aromatic ring is 1. The van der Waals surface area contributed by atoms with Crippen molar-refractivity contribution in [3.63, 3.8) is 0 Å². The Labute approximate surface area is 155 Å². The van der Waals surface area contributed by atoms with Crippen LogP contribution in [0, 0.1) is 6.92 Å². The number of thioether (sulfide) groups is 1. The van der Waals surface area contributed by atoms with Gasteiger partial charge in [-0.2, -0.15) is 0 Å². The smallest absolute Gasteiger partial charge is 0.340 e. The lowest BCUT2D eigenvalue weighted by molar-refractivity contribution is -0.124. The molecule has 0 saturated heterocycles. The predicted molar refractivity (Wildman–Crippen MR) is 101 cm³/mol. The van der Waals surface area contributed by atoms with Gasteiger partial charge in [0.1, 0.15) is 0 Å². The Morgan fingerprint density at radius 1 is 1.20 bits per heavy atom. The average Bonchev–Trinajstić information content (AvgIpc) is 2.60. The SMILES string of the molecule is Cc1ccc(SCCNC(=O)COC(=O)c2cc(Cl)ccc2N)cc1. The Bertz CT molecular complexity index is 750. The average molecular weight is 379 g/mol. The number of carbonyl (C=O) groups is 2. The lowest BCUT2D eigenvalue weighted by Gasteiger charge is -2.08. The van der Waals surface area contributed by atoms with Crippen LogP contribution in [0.3, 0.4) is 0 Å². The summed E-state index contributed by atoms with van der Waals surface area (Å²) in [6.45, 7) is 2.15. The molecule has 0 bridgehead atoms. The molecule has 2 rings (SSSR count). The Morgan fingerprint density at radius 3 is 2.64 bits per heavy atom. The van der Waals surface area contributed by atoms with Gasteiger partial charge >= 0.3 is 5.97 Å². The largest absolute Gasteiger partial charge is 0.452 e. The van der Waals surface area contributed by atoms with E-state index < -0.39 is 5.97 Å². The van der Waals surface area contributed by atoms with Crippen LogP contribution >= 0.6 is 23.4 Å². The third-order valence-corrected chi connectivity index (χ3v) is 4.53. The van der Waals surface area contributed by atoms with Gasteiger partial charge in [0.25, 0.3) is 5.91 Å². The van der Waals surface area contributed by atoms with Crippen LogP contribution in [0.5, 0.6) is 0 Å². The first-order chi connectivity index (χ1) is 12.0. The summed E-state index contributed by atoms with van der Waals surface area (Å²) in [5, 5.41) is 3.08. The molecule has 0 heterocycles. The molecule has 0 aliphatic heterocycles. The lowest BCUT2D eigenvalue weighted by atomic mass is 10.2. The zero-order valence-corrected chi connectivity index (χ0v) is 15.3. The molecular weight excluding hydrogens is 360 g/mol. The second kappa shape index (κ2) is 9.34. The zero-order chi connectivity index (χ0) is 18.2. The van der Waals surface area contributed by atoms with Crippen molar-refractivity contribution in [2.45, 2.75) is 11.8 Å². The molecule has 0 atom stereocenters. The molecule has 2 aromatic rings. The number of carbonyl (C=O) groups excluding carboxylic acids is 2. The van der Waals surface area contributed by atoms with Crippen molar-refractivity contribution in [1.82, 2.24) is 5.32 Å². The molecule has 25 heavy (non-hydrogen) atoms. The monoisotopic (exact) mass is 378 g/mol. The van der Waals surface area contributed by atoms with Gasteiger partial charge in [0.15, 0.2) is 6.61 Å². The fraction of sp³-hybridized carbons (Fsp3) is 0.222. The van der Waals surface area contributed by atoms with Crippen LogP contribution in [0.1, 0.15) is 15.9 Å². The number of esters is 1. The molecule has 0 radical (unpaired) electrons. The first-order valence-corrected chi connectivity index (χ1v) is 9.00. The lowest BCUT2D eigenvalue weighted by Crippen LogP contribution is -2.30. The van der Waals surface area contributed by atoms with Crippen LogP contribution in [0.4, 0.5) is 5.69 Å². The number of halogens is 1. The molecule has 0 aromatic heterocycles. The van der Waals surface area contributed by atoms with Gasteiger partial charge in [-0.3, -0.25) is 4.79 Å². The Balaban J connectivity index is 1.69. The third-order valence-electron chi connectivity index (χ3n) is 3.28. The molecule has 5 nitrogen and oxygen atoms in total. The third kappa shape index (κ3) is 6.32. The zero-order valence-electron chi connectivity index (χ0n) is 13.8. The van der Waals surface area contributed by atoms with Crippen molar-refractivity contribution in [3.8, 4) is 0 Å². The fourth-order valence-electron chi connectivity index (χ4n) is 1.96. The van der Waals surface area contributed by atoms with E-state index in [-0.39, 0.29) is 23.8 Å². The second-order valence-electron chi connectivity index (χ2n) is 5.32. The Hall–Kier alpha value is -2.18. The van der Waals surface area contributed by atoms with E-state index in [9.17, 15) is 9.59 Å². The molecule has 0 aliphatic carbocycles. The van der Waals surface area contributed by atoms with Crippen molar-refractivity contribution >= 4 is 40.9 Å². The molecule has 0 spiro atoms. The topological polar surface area (TPSA) is 81.4 Å². The standard InChI is InChI=1S/C18H19ClN2O3S/c1-12-2-5-14(6-3-12)25-9-8-21-17(22)11-24-18(23)15-10-13(19)4-7-16(15)20/h2-7,10H,8-9,11,20H2,1H3,(H,21,22). The van der Waals surface area contributed by atoms with Crippen molar-refractivity contribution in [3.05, 3.63) is 58.6 Å². The van der Waals surface area contributed by atoms with E-state index in [1.807, 2.05) is 31.2 Å². The highest BCUT2D eigenvalue weighted by molar-refractivity contribution is 7.99. The van der Waals surface area contributed by atoms with E-state index in [0.717, 1.165) is 10.6 Å². The number of benzene rings is 2. The molecule has 0 aliphatic rings. The number of nitrogens with one attached hydrogen (secondary N) is 1. The molecule has 132 valence electrons. The minimum Gasteiger partial charge on any atom is -0.452 e. The maximum absolute atomic E-state index is 11.9. The molecule has 7 heteroatoms.